The van der Waals surface area contributed by atoms with E-state index in [-0.39, 0.29) is 0 Å². The molecular formula is C13H20N2S. The van der Waals surface area contributed by atoms with Gasteiger partial charge in [0.2, 0.25) is 0 Å². The Labute approximate surface area is 103 Å². The van der Waals surface area contributed by atoms with Gasteiger partial charge in [-0.25, -0.2) is 0 Å². The van der Waals surface area contributed by atoms with Crippen LogP contribution in [0.25, 0.3) is 0 Å². The maximum atomic E-state index is 5.07. The molecular weight excluding hydrogens is 216 g/mol. The van der Waals surface area contributed by atoms with Crippen molar-refractivity contribution >= 4 is 17.3 Å². The monoisotopic (exact) mass is 236 g/mol. The molecule has 0 bridgehead atoms. The molecule has 1 rings (SSSR count). The van der Waals surface area contributed by atoms with Crippen LogP contribution in [0.3, 0.4) is 0 Å². The van der Waals surface area contributed by atoms with Gasteiger partial charge in [0.15, 0.2) is 5.11 Å². The van der Waals surface area contributed by atoms with Crippen LogP contribution in [0.15, 0.2) is 30.3 Å². The van der Waals surface area contributed by atoms with Crippen molar-refractivity contribution in [3.63, 3.8) is 0 Å². The lowest BCUT2D eigenvalue weighted by Gasteiger charge is -2.08. The van der Waals surface area contributed by atoms with Crippen LogP contribution in [0, 0.1) is 0 Å². The predicted octanol–water partition coefficient (Wildman–Crippen LogP) is 2.49. The van der Waals surface area contributed by atoms with Gasteiger partial charge in [-0.3, -0.25) is 0 Å². The first kappa shape index (κ1) is 13.0. The molecule has 0 saturated heterocycles. The van der Waals surface area contributed by atoms with Crippen molar-refractivity contribution in [1.29, 1.82) is 0 Å². The summed E-state index contributed by atoms with van der Waals surface area (Å²) >= 11 is 5.07. The molecule has 0 spiro atoms. The fourth-order valence-corrected chi connectivity index (χ4v) is 1.77. The van der Waals surface area contributed by atoms with Gasteiger partial charge < -0.3 is 10.6 Å². The van der Waals surface area contributed by atoms with Gasteiger partial charge in [-0.1, -0.05) is 30.3 Å². The highest BCUT2D eigenvalue weighted by molar-refractivity contribution is 7.80. The molecule has 0 atom stereocenters. The molecule has 16 heavy (non-hydrogen) atoms. The topological polar surface area (TPSA) is 24.1 Å². The third kappa shape index (κ3) is 5.71. The number of rotatable bonds is 6. The van der Waals surface area contributed by atoms with E-state index in [1.807, 2.05) is 6.92 Å². The molecule has 0 aromatic heterocycles. The molecule has 2 N–H and O–H groups in total. The molecule has 88 valence electrons. The Morgan fingerprint density at radius 2 is 1.88 bits per heavy atom. The van der Waals surface area contributed by atoms with Crippen molar-refractivity contribution in [3.8, 4) is 0 Å². The number of thiocarbonyl (C=S) groups is 1. The Morgan fingerprint density at radius 1 is 1.12 bits per heavy atom. The van der Waals surface area contributed by atoms with E-state index in [0.717, 1.165) is 31.0 Å². The van der Waals surface area contributed by atoms with Gasteiger partial charge in [-0.05, 0) is 44.0 Å². The molecule has 0 aliphatic rings. The molecule has 0 aliphatic heterocycles. The molecule has 0 unspecified atom stereocenters. The number of unbranched alkanes of at least 4 members (excludes halogenated alkanes) is 1. The van der Waals surface area contributed by atoms with E-state index >= 15 is 0 Å². The minimum atomic E-state index is 0.766. The maximum absolute atomic E-state index is 5.07. The van der Waals surface area contributed by atoms with Crippen LogP contribution in [0.1, 0.15) is 25.3 Å². The average Bonchev–Trinajstić information content (AvgIpc) is 2.30. The maximum Gasteiger partial charge on any atom is 0.166 e. The summed E-state index contributed by atoms with van der Waals surface area (Å²) in [5.74, 6) is 0. The highest BCUT2D eigenvalue weighted by Gasteiger charge is 1.94. The highest BCUT2D eigenvalue weighted by atomic mass is 32.1. The molecule has 1 aromatic rings. The smallest absolute Gasteiger partial charge is 0.166 e. The lowest BCUT2D eigenvalue weighted by molar-refractivity contribution is 0.702. The van der Waals surface area contributed by atoms with Gasteiger partial charge in [0.25, 0.3) is 0 Å². The van der Waals surface area contributed by atoms with Crippen LogP contribution in [0.5, 0.6) is 0 Å². The highest BCUT2D eigenvalue weighted by Crippen LogP contribution is 2.03. The van der Waals surface area contributed by atoms with Crippen LogP contribution in [-0.2, 0) is 6.42 Å². The van der Waals surface area contributed by atoms with Crippen LogP contribution in [-0.4, -0.2) is 18.2 Å². The summed E-state index contributed by atoms with van der Waals surface area (Å²) < 4.78 is 0. The zero-order valence-electron chi connectivity index (χ0n) is 9.83. The van der Waals surface area contributed by atoms with E-state index in [1.54, 1.807) is 0 Å². The van der Waals surface area contributed by atoms with Crippen LogP contribution < -0.4 is 10.6 Å². The summed E-state index contributed by atoms with van der Waals surface area (Å²) in [7, 11) is 0. The number of benzene rings is 1. The van der Waals surface area contributed by atoms with Crippen LogP contribution in [0.4, 0.5) is 0 Å². The summed E-state index contributed by atoms with van der Waals surface area (Å²) in [6, 6.07) is 10.6. The first-order chi connectivity index (χ1) is 7.83. The SMILES string of the molecule is CCNC(=S)NCCCCc1ccccc1. The third-order valence-corrected chi connectivity index (χ3v) is 2.65. The molecule has 0 saturated carbocycles. The minimum absolute atomic E-state index is 0.766. The second kappa shape index (κ2) is 8.11. The van der Waals surface area contributed by atoms with Crippen molar-refractivity contribution in [2.45, 2.75) is 26.2 Å². The summed E-state index contributed by atoms with van der Waals surface area (Å²) in [6.07, 6.45) is 3.50. The van der Waals surface area contributed by atoms with Gasteiger partial charge in [0.1, 0.15) is 0 Å². The van der Waals surface area contributed by atoms with E-state index in [1.165, 1.54) is 12.0 Å². The number of nitrogens with one attached hydrogen (secondary N) is 2. The van der Waals surface area contributed by atoms with Crippen molar-refractivity contribution in [2.24, 2.45) is 0 Å². The number of hydrogen-bond donors (Lipinski definition) is 2. The van der Waals surface area contributed by atoms with Crippen molar-refractivity contribution in [2.75, 3.05) is 13.1 Å². The Balaban J connectivity index is 2.02. The number of aryl methyl sites for hydroxylation is 1. The minimum Gasteiger partial charge on any atom is -0.363 e. The lowest BCUT2D eigenvalue weighted by Crippen LogP contribution is -2.35. The molecule has 1 aromatic carbocycles. The predicted molar refractivity (Wildman–Crippen MR) is 73.7 cm³/mol. The molecule has 0 heterocycles. The van der Waals surface area contributed by atoms with E-state index in [9.17, 15) is 0 Å². The second-order valence-electron chi connectivity index (χ2n) is 3.73. The first-order valence-corrected chi connectivity index (χ1v) is 6.29. The average molecular weight is 236 g/mol. The Hall–Kier alpha value is -1.09. The largest absolute Gasteiger partial charge is 0.363 e. The molecule has 3 heteroatoms. The van der Waals surface area contributed by atoms with Crippen molar-refractivity contribution < 1.29 is 0 Å². The molecule has 0 radical (unpaired) electrons. The second-order valence-corrected chi connectivity index (χ2v) is 4.14. The van der Waals surface area contributed by atoms with Gasteiger partial charge in [-0.2, -0.15) is 0 Å². The zero-order chi connectivity index (χ0) is 11.6. The molecule has 0 fully saturated rings. The van der Waals surface area contributed by atoms with Gasteiger partial charge in [0.05, 0.1) is 0 Å². The summed E-state index contributed by atoms with van der Waals surface area (Å²) in [5, 5.41) is 7.03. The van der Waals surface area contributed by atoms with Crippen LogP contribution in [0.2, 0.25) is 0 Å². The fraction of sp³-hybridized carbons (Fsp3) is 0.462. The lowest BCUT2D eigenvalue weighted by atomic mass is 10.1. The van der Waals surface area contributed by atoms with Gasteiger partial charge in [0, 0.05) is 13.1 Å². The molecule has 2 nitrogen and oxygen atoms in total. The van der Waals surface area contributed by atoms with Gasteiger partial charge >= 0.3 is 0 Å². The Kier molecular flexibility index (Phi) is 6.58. The molecule has 0 aliphatic carbocycles. The van der Waals surface area contributed by atoms with Gasteiger partial charge in [-0.15, -0.1) is 0 Å². The summed E-state index contributed by atoms with van der Waals surface area (Å²) in [4.78, 5) is 0. The van der Waals surface area contributed by atoms with Crippen molar-refractivity contribution in [1.82, 2.24) is 10.6 Å². The standard InChI is InChI=1S/C13H20N2S/c1-2-14-13(16)15-11-7-6-10-12-8-4-3-5-9-12/h3-5,8-9H,2,6-7,10-11H2,1H3,(H2,14,15,16). The Morgan fingerprint density at radius 3 is 2.56 bits per heavy atom. The van der Waals surface area contributed by atoms with E-state index in [0.29, 0.717) is 0 Å². The number of hydrogen-bond acceptors (Lipinski definition) is 1. The summed E-state index contributed by atoms with van der Waals surface area (Å²) in [6.45, 7) is 3.89. The normalized spacial score (nSPS) is 9.81. The molecule has 0 amide bonds. The van der Waals surface area contributed by atoms with E-state index in [4.69, 9.17) is 12.2 Å². The third-order valence-electron chi connectivity index (χ3n) is 2.36. The first-order valence-electron chi connectivity index (χ1n) is 5.88. The van der Waals surface area contributed by atoms with E-state index in [2.05, 4.69) is 41.0 Å². The van der Waals surface area contributed by atoms with E-state index < -0.39 is 0 Å². The quantitative estimate of drug-likeness (QED) is 0.586. The Bertz CT molecular complexity index is 298. The summed E-state index contributed by atoms with van der Waals surface area (Å²) in [5.41, 5.74) is 1.41. The fourth-order valence-electron chi connectivity index (χ4n) is 1.52. The van der Waals surface area contributed by atoms with Crippen molar-refractivity contribution in [3.05, 3.63) is 35.9 Å². The zero-order valence-corrected chi connectivity index (χ0v) is 10.6. The van der Waals surface area contributed by atoms with Crippen LogP contribution >= 0.6 is 12.2 Å².